The van der Waals surface area contributed by atoms with Crippen molar-refractivity contribution in [1.82, 2.24) is 0 Å². The summed E-state index contributed by atoms with van der Waals surface area (Å²) in [5, 5.41) is 9.78. The number of aliphatic hydroxyl groups excluding tert-OH is 1. The quantitative estimate of drug-likeness (QED) is 0.591. The molecule has 0 radical (unpaired) electrons. The van der Waals surface area contributed by atoms with E-state index in [9.17, 15) is 5.11 Å². The zero-order chi connectivity index (χ0) is 13.7. The fourth-order valence-electron chi connectivity index (χ4n) is 5.76. The van der Waals surface area contributed by atoms with Crippen LogP contribution in [0.2, 0.25) is 0 Å². The van der Waals surface area contributed by atoms with Gasteiger partial charge in [-0.2, -0.15) is 0 Å². The van der Waals surface area contributed by atoms with Crippen molar-refractivity contribution in [1.29, 1.82) is 0 Å². The third-order valence-corrected chi connectivity index (χ3v) is 6.62. The van der Waals surface area contributed by atoms with E-state index in [1.54, 1.807) is 16.7 Å². The highest BCUT2D eigenvalue weighted by Gasteiger charge is 2.46. The van der Waals surface area contributed by atoms with Crippen LogP contribution in [0.15, 0.2) is 34.6 Å². The minimum Gasteiger partial charge on any atom is -0.512 e. The topological polar surface area (TPSA) is 20.2 Å². The second kappa shape index (κ2) is 4.79. The van der Waals surface area contributed by atoms with Gasteiger partial charge in [0, 0.05) is 6.42 Å². The highest BCUT2D eigenvalue weighted by molar-refractivity contribution is 5.32. The molecule has 0 aliphatic heterocycles. The van der Waals surface area contributed by atoms with E-state index in [0.29, 0.717) is 5.76 Å². The molecule has 0 bridgehead atoms. The molecule has 0 spiro atoms. The van der Waals surface area contributed by atoms with E-state index in [4.69, 9.17) is 0 Å². The number of fused-ring (bicyclic) bond motifs is 4. The summed E-state index contributed by atoms with van der Waals surface area (Å²) < 4.78 is 0. The summed E-state index contributed by atoms with van der Waals surface area (Å²) in [6.45, 7) is 2.24. The van der Waals surface area contributed by atoms with Crippen LogP contribution in [-0.2, 0) is 0 Å². The molecule has 4 atom stereocenters. The lowest BCUT2D eigenvalue weighted by molar-refractivity contribution is 0.123. The largest absolute Gasteiger partial charge is 0.512 e. The van der Waals surface area contributed by atoms with Crippen LogP contribution in [0.4, 0.5) is 0 Å². The zero-order valence-corrected chi connectivity index (χ0v) is 12.6. The van der Waals surface area contributed by atoms with E-state index in [1.165, 1.54) is 38.5 Å². The molecule has 1 heteroatoms. The number of rotatable bonds is 0. The first-order valence-electron chi connectivity index (χ1n) is 8.51. The summed E-state index contributed by atoms with van der Waals surface area (Å²) >= 11 is 0. The van der Waals surface area contributed by atoms with Gasteiger partial charge in [0.1, 0.15) is 0 Å². The van der Waals surface area contributed by atoms with Crippen LogP contribution in [0.3, 0.4) is 0 Å². The molecule has 1 nitrogen and oxygen atoms in total. The van der Waals surface area contributed by atoms with Crippen molar-refractivity contribution in [2.75, 3.05) is 0 Å². The van der Waals surface area contributed by atoms with Crippen LogP contribution in [0.25, 0.3) is 0 Å². The van der Waals surface area contributed by atoms with E-state index >= 15 is 0 Å². The van der Waals surface area contributed by atoms with Gasteiger partial charge in [0.15, 0.2) is 0 Å². The van der Waals surface area contributed by atoms with Gasteiger partial charge in [-0.1, -0.05) is 22.8 Å². The lowest BCUT2D eigenvalue weighted by Crippen LogP contribution is -2.36. The van der Waals surface area contributed by atoms with E-state index in [-0.39, 0.29) is 0 Å². The van der Waals surface area contributed by atoms with Crippen LogP contribution in [-0.4, -0.2) is 5.11 Å². The van der Waals surface area contributed by atoms with E-state index in [2.05, 4.69) is 19.1 Å². The monoisotopic (exact) mass is 270 g/mol. The van der Waals surface area contributed by atoms with Gasteiger partial charge in [0.05, 0.1) is 5.76 Å². The fourth-order valence-corrected chi connectivity index (χ4v) is 5.76. The molecule has 4 unspecified atom stereocenters. The maximum atomic E-state index is 9.78. The van der Waals surface area contributed by atoms with E-state index in [1.807, 2.05) is 0 Å². The Hall–Kier alpha value is -0.980. The molecule has 4 rings (SSSR count). The maximum absolute atomic E-state index is 9.78. The molecular weight excluding hydrogens is 244 g/mol. The Morgan fingerprint density at radius 2 is 1.80 bits per heavy atom. The molecule has 4 aliphatic rings. The van der Waals surface area contributed by atoms with Crippen LogP contribution < -0.4 is 0 Å². The Bertz CT molecular complexity index is 508. The van der Waals surface area contributed by atoms with Gasteiger partial charge in [-0.05, 0) is 81.6 Å². The number of hydrogen-bond donors (Lipinski definition) is 1. The van der Waals surface area contributed by atoms with Crippen molar-refractivity contribution >= 4 is 0 Å². The van der Waals surface area contributed by atoms with Crippen molar-refractivity contribution in [3.63, 3.8) is 0 Å². The average molecular weight is 270 g/mol. The van der Waals surface area contributed by atoms with Gasteiger partial charge in [0.25, 0.3) is 0 Å². The normalized spacial score (nSPS) is 42.0. The second-order valence-electron chi connectivity index (χ2n) is 7.26. The van der Waals surface area contributed by atoms with Gasteiger partial charge in [-0.25, -0.2) is 0 Å². The van der Waals surface area contributed by atoms with Crippen LogP contribution >= 0.6 is 0 Å². The van der Waals surface area contributed by atoms with E-state index < -0.39 is 0 Å². The highest BCUT2D eigenvalue weighted by atomic mass is 16.3. The average Bonchev–Trinajstić information content (AvgIpc) is 2.89. The predicted molar refractivity (Wildman–Crippen MR) is 82.4 cm³/mol. The molecule has 20 heavy (non-hydrogen) atoms. The fraction of sp³-hybridized carbons (Fsp3) is 0.684. The van der Waals surface area contributed by atoms with Crippen LogP contribution in [0, 0.1) is 23.7 Å². The first-order valence-corrected chi connectivity index (χ1v) is 8.51. The maximum Gasteiger partial charge on any atom is 0.0926 e. The Morgan fingerprint density at radius 1 is 1.05 bits per heavy atom. The third-order valence-electron chi connectivity index (χ3n) is 6.62. The molecule has 0 amide bonds. The third kappa shape index (κ3) is 1.82. The number of hydrogen-bond acceptors (Lipinski definition) is 1. The molecule has 0 aromatic heterocycles. The van der Waals surface area contributed by atoms with E-state index in [0.717, 1.165) is 36.5 Å². The lowest BCUT2D eigenvalue weighted by atomic mass is 9.59. The number of allylic oxidation sites excluding steroid dienone is 5. The number of aliphatic hydroxyl groups is 1. The van der Waals surface area contributed by atoms with Crippen LogP contribution in [0.5, 0.6) is 0 Å². The lowest BCUT2D eigenvalue weighted by Gasteiger charge is -2.46. The Morgan fingerprint density at radius 3 is 2.65 bits per heavy atom. The van der Waals surface area contributed by atoms with Gasteiger partial charge >= 0.3 is 0 Å². The van der Waals surface area contributed by atoms with Crippen molar-refractivity contribution in [3.05, 3.63) is 34.6 Å². The molecule has 0 heterocycles. The van der Waals surface area contributed by atoms with Gasteiger partial charge < -0.3 is 5.11 Å². The van der Waals surface area contributed by atoms with Crippen molar-refractivity contribution < 1.29 is 5.11 Å². The SMILES string of the molecule is C/C=C1/CCC2C1CCC1C3=C(CCC12)CC(O)=CC3. The molecule has 4 aliphatic carbocycles. The van der Waals surface area contributed by atoms with Gasteiger partial charge in [-0.3, -0.25) is 0 Å². The first kappa shape index (κ1) is 12.7. The standard InChI is InChI=1S/C19H26O/c1-2-12-3-6-17-15(12)9-10-18-16-8-5-14(20)11-13(16)4-7-19(17)18/h2,5,15,17-20H,3-4,6-11H2,1H3/b12-2-. The Balaban J connectivity index is 1.61. The molecular formula is C19H26O. The van der Waals surface area contributed by atoms with Crippen LogP contribution in [0.1, 0.15) is 58.3 Å². The van der Waals surface area contributed by atoms with Crippen molar-refractivity contribution in [3.8, 4) is 0 Å². The molecule has 0 saturated heterocycles. The molecule has 108 valence electrons. The van der Waals surface area contributed by atoms with Gasteiger partial charge in [-0.15, -0.1) is 0 Å². The molecule has 2 saturated carbocycles. The van der Waals surface area contributed by atoms with Crippen molar-refractivity contribution in [2.24, 2.45) is 23.7 Å². The zero-order valence-electron chi connectivity index (χ0n) is 12.6. The summed E-state index contributed by atoms with van der Waals surface area (Å²) in [6.07, 6.45) is 14.6. The summed E-state index contributed by atoms with van der Waals surface area (Å²) in [5.74, 6) is 4.29. The Kier molecular flexibility index (Phi) is 3.05. The molecule has 2 fully saturated rings. The van der Waals surface area contributed by atoms with Crippen molar-refractivity contribution in [2.45, 2.75) is 58.3 Å². The van der Waals surface area contributed by atoms with Gasteiger partial charge in [0.2, 0.25) is 0 Å². The summed E-state index contributed by atoms with van der Waals surface area (Å²) in [5.41, 5.74) is 5.08. The first-order chi connectivity index (χ1) is 9.78. The summed E-state index contributed by atoms with van der Waals surface area (Å²) in [7, 11) is 0. The Labute approximate surface area is 122 Å². The smallest absolute Gasteiger partial charge is 0.0926 e. The highest BCUT2D eigenvalue weighted by Crippen LogP contribution is 2.56. The predicted octanol–water partition coefficient (Wildman–Crippen LogP) is 5.31. The minimum absolute atomic E-state index is 0.618. The molecule has 0 aromatic carbocycles. The molecule has 1 N–H and O–H groups in total. The summed E-state index contributed by atoms with van der Waals surface area (Å²) in [4.78, 5) is 0. The summed E-state index contributed by atoms with van der Waals surface area (Å²) in [6, 6.07) is 0. The second-order valence-corrected chi connectivity index (χ2v) is 7.26. The molecule has 0 aromatic rings. The minimum atomic E-state index is 0.618.